The van der Waals surface area contributed by atoms with Gasteiger partial charge in [0.15, 0.2) is 0 Å². The van der Waals surface area contributed by atoms with Crippen molar-refractivity contribution >= 4 is 40.9 Å². The summed E-state index contributed by atoms with van der Waals surface area (Å²) in [4.78, 5) is 32.6. The van der Waals surface area contributed by atoms with E-state index in [4.69, 9.17) is 11.6 Å². The molecule has 0 spiro atoms. The third kappa shape index (κ3) is 4.14. The zero-order valence-electron chi connectivity index (χ0n) is 13.8. The van der Waals surface area contributed by atoms with Crippen molar-refractivity contribution in [3.05, 3.63) is 53.7 Å². The van der Waals surface area contributed by atoms with Crippen molar-refractivity contribution in [3.8, 4) is 0 Å². The summed E-state index contributed by atoms with van der Waals surface area (Å²) in [7, 11) is 0. The standard InChI is InChI=1S/C18H18ClN3O2S/c1-13(25-16-8-4-5-9-20-16)18(24)21-10-11-22(17(23)12-21)15-7-3-2-6-14(15)19/h2-9,13H,10-12H2,1H3/t13-/m1/s1. The van der Waals surface area contributed by atoms with E-state index in [1.165, 1.54) is 11.8 Å². The van der Waals surface area contributed by atoms with Crippen LogP contribution in [-0.2, 0) is 9.59 Å². The van der Waals surface area contributed by atoms with Gasteiger partial charge in [-0.15, -0.1) is 0 Å². The lowest BCUT2D eigenvalue weighted by Gasteiger charge is -2.35. The highest BCUT2D eigenvalue weighted by Crippen LogP contribution is 2.27. The van der Waals surface area contributed by atoms with Gasteiger partial charge in [0.1, 0.15) is 6.54 Å². The second-order valence-electron chi connectivity index (χ2n) is 5.68. The number of amides is 2. The number of hydrogen-bond acceptors (Lipinski definition) is 4. The van der Waals surface area contributed by atoms with Gasteiger partial charge in [-0.05, 0) is 31.2 Å². The molecular weight excluding hydrogens is 358 g/mol. The highest BCUT2D eigenvalue weighted by molar-refractivity contribution is 8.00. The molecule has 2 heterocycles. The molecule has 7 heteroatoms. The normalized spacial score (nSPS) is 16.0. The first kappa shape index (κ1) is 17.8. The Balaban J connectivity index is 1.63. The van der Waals surface area contributed by atoms with Crippen LogP contribution in [0, 0.1) is 0 Å². The van der Waals surface area contributed by atoms with Crippen LogP contribution in [0.1, 0.15) is 6.92 Å². The monoisotopic (exact) mass is 375 g/mol. The predicted molar refractivity (Wildman–Crippen MR) is 99.9 cm³/mol. The number of thioether (sulfide) groups is 1. The Labute approximate surface area is 156 Å². The predicted octanol–water partition coefficient (Wildman–Crippen LogP) is 3.09. The zero-order valence-corrected chi connectivity index (χ0v) is 15.3. The number of anilines is 1. The average Bonchev–Trinajstić information content (AvgIpc) is 2.62. The summed E-state index contributed by atoms with van der Waals surface area (Å²) in [6.07, 6.45) is 1.70. The van der Waals surface area contributed by atoms with Crippen molar-refractivity contribution < 1.29 is 9.59 Å². The van der Waals surface area contributed by atoms with E-state index in [1.54, 1.807) is 22.1 Å². The number of nitrogens with zero attached hydrogens (tertiary/aromatic N) is 3. The highest BCUT2D eigenvalue weighted by Gasteiger charge is 2.31. The molecule has 1 aliphatic rings. The van der Waals surface area contributed by atoms with E-state index >= 15 is 0 Å². The molecule has 130 valence electrons. The maximum atomic E-state index is 12.6. The maximum absolute atomic E-state index is 12.6. The first-order valence-electron chi connectivity index (χ1n) is 7.97. The highest BCUT2D eigenvalue weighted by atomic mass is 35.5. The van der Waals surface area contributed by atoms with Crippen LogP contribution in [0.2, 0.25) is 5.02 Å². The SMILES string of the molecule is C[C@@H](Sc1ccccn1)C(=O)N1CCN(c2ccccc2Cl)C(=O)C1. The van der Waals surface area contributed by atoms with Gasteiger partial charge >= 0.3 is 0 Å². The third-order valence-corrected chi connectivity index (χ3v) is 5.32. The van der Waals surface area contributed by atoms with Crippen molar-refractivity contribution in [2.24, 2.45) is 0 Å². The van der Waals surface area contributed by atoms with Crippen molar-refractivity contribution in [2.45, 2.75) is 17.2 Å². The molecule has 3 rings (SSSR count). The quantitative estimate of drug-likeness (QED) is 0.770. The van der Waals surface area contributed by atoms with Gasteiger partial charge in [0.2, 0.25) is 11.8 Å². The van der Waals surface area contributed by atoms with Gasteiger partial charge in [-0.3, -0.25) is 9.59 Å². The van der Waals surface area contributed by atoms with E-state index in [1.807, 2.05) is 43.3 Å². The van der Waals surface area contributed by atoms with Crippen LogP contribution in [0.3, 0.4) is 0 Å². The van der Waals surface area contributed by atoms with Crippen LogP contribution < -0.4 is 4.90 Å². The lowest BCUT2D eigenvalue weighted by molar-refractivity contribution is -0.136. The van der Waals surface area contributed by atoms with Crippen LogP contribution in [0.5, 0.6) is 0 Å². The number of para-hydroxylation sites is 1. The largest absolute Gasteiger partial charge is 0.331 e. The molecule has 0 saturated carbocycles. The van der Waals surface area contributed by atoms with Gasteiger partial charge in [0.25, 0.3) is 0 Å². The molecule has 0 radical (unpaired) electrons. The topological polar surface area (TPSA) is 53.5 Å². The van der Waals surface area contributed by atoms with Crippen molar-refractivity contribution in [1.82, 2.24) is 9.88 Å². The molecule has 1 aliphatic heterocycles. The van der Waals surface area contributed by atoms with E-state index in [0.29, 0.717) is 23.8 Å². The average molecular weight is 376 g/mol. The number of carbonyl (C=O) groups is 2. The molecule has 5 nitrogen and oxygen atoms in total. The van der Waals surface area contributed by atoms with Crippen LogP contribution in [0.15, 0.2) is 53.7 Å². The minimum atomic E-state index is -0.297. The Bertz CT molecular complexity index is 772. The molecule has 2 amide bonds. The number of pyridine rings is 1. The van der Waals surface area contributed by atoms with Crippen molar-refractivity contribution in [2.75, 3.05) is 24.5 Å². The van der Waals surface area contributed by atoms with Gasteiger partial charge in [-0.1, -0.05) is 41.6 Å². The smallest absolute Gasteiger partial charge is 0.246 e. The van der Waals surface area contributed by atoms with Gasteiger partial charge in [-0.25, -0.2) is 4.98 Å². The molecule has 0 bridgehead atoms. The molecule has 0 N–H and O–H groups in total. The first-order valence-corrected chi connectivity index (χ1v) is 9.23. The van der Waals surface area contributed by atoms with Crippen LogP contribution in [-0.4, -0.2) is 46.6 Å². The first-order chi connectivity index (χ1) is 12.1. The van der Waals surface area contributed by atoms with E-state index in [2.05, 4.69) is 4.98 Å². The Kier molecular flexibility index (Phi) is 5.60. The van der Waals surface area contributed by atoms with E-state index in [9.17, 15) is 9.59 Å². The minimum Gasteiger partial charge on any atom is -0.331 e. The van der Waals surface area contributed by atoms with E-state index in [-0.39, 0.29) is 23.6 Å². The summed E-state index contributed by atoms with van der Waals surface area (Å²) in [5.74, 6) is -0.175. The number of carbonyl (C=O) groups excluding carboxylic acids is 2. The lowest BCUT2D eigenvalue weighted by Crippen LogP contribution is -2.54. The molecule has 0 aliphatic carbocycles. The molecule has 1 saturated heterocycles. The molecule has 1 aromatic carbocycles. The summed E-state index contributed by atoms with van der Waals surface area (Å²) in [6.45, 7) is 2.84. The number of piperazine rings is 1. The minimum absolute atomic E-state index is 0.0530. The fourth-order valence-corrected chi connectivity index (χ4v) is 3.82. The Morgan fingerprint density at radius 2 is 1.96 bits per heavy atom. The second-order valence-corrected chi connectivity index (χ2v) is 7.45. The fraction of sp³-hybridized carbons (Fsp3) is 0.278. The van der Waals surface area contributed by atoms with Crippen molar-refractivity contribution in [1.29, 1.82) is 0 Å². The molecular formula is C18H18ClN3O2S. The van der Waals surface area contributed by atoms with E-state index in [0.717, 1.165) is 5.03 Å². The number of rotatable bonds is 4. The van der Waals surface area contributed by atoms with E-state index < -0.39 is 0 Å². The molecule has 1 aromatic heterocycles. The summed E-state index contributed by atoms with van der Waals surface area (Å²) in [5.41, 5.74) is 0.692. The summed E-state index contributed by atoms with van der Waals surface area (Å²) < 4.78 is 0. The fourth-order valence-electron chi connectivity index (χ4n) is 2.69. The molecule has 1 atom stereocenters. The maximum Gasteiger partial charge on any atom is 0.246 e. The number of benzene rings is 1. The molecule has 0 unspecified atom stereocenters. The van der Waals surface area contributed by atoms with Gasteiger partial charge < -0.3 is 9.80 Å². The van der Waals surface area contributed by atoms with Crippen molar-refractivity contribution in [3.63, 3.8) is 0 Å². The number of aromatic nitrogens is 1. The Morgan fingerprint density at radius 3 is 2.64 bits per heavy atom. The molecule has 1 fully saturated rings. The van der Waals surface area contributed by atoms with Gasteiger partial charge in [-0.2, -0.15) is 0 Å². The summed E-state index contributed by atoms with van der Waals surface area (Å²) in [5, 5.41) is 1.04. The van der Waals surface area contributed by atoms with Gasteiger partial charge in [0, 0.05) is 19.3 Å². The zero-order chi connectivity index (χ0) is 17.8. The van der Waals surface area contributed by atoms with Gasteiger partial charge in [0.05, 0.1) is 21.0 Å². The number of halogens is 1. The van der Waals surface area contributed by atoms with Crippen LogP contribution in [0.25, 0.3) is 0 Å². The molecule has 2 aromatic rings. The summed E-state index contributed by atoms with van der Waals surface area (Å²) in [6, 6.07) is 12.8. The molecule has 25 heavy (non-hydrogen) atoms. The summed E-state index contributed by atoms with van der Waals surface area (Å²) >= 11 is 7.58. The second kappa shape index (κ2) is 7.89. The Morgan fingerprint density at radius 1 is 1.20 bits per heavy atom. The Hall–Kier alpha value is -2.05. The lowest BCUT2D eigenvalue weighted by atomic mass is 10.2. The van der Waals surface area contributed by atoms with Crippen LogP contribution >= 0.6 is 23.4 Å². The third-order valence-electron chi connectivity index (χ3n) is 3.96. The van der Waals surface area contributed by atoms with Crippen LogP contribution in [0.4, 0.5) is 5.69 Å². The number of hydrogen-bond donors (Lipinski definition) is 0.